The number of nitrogens with zero attached hydrogens (tertiary/aromatic N) is 2. The number of thiazole rings is 2. The molecule has 27 heavy (non-hydrogen) atoms. The van der Waals surface area contributed by atoms with Crippen LogP contribution in [0.15, 0.2) is 28.3 Å². The van der Waals surface area contributed by atoms with Gasteiger partial charge in [0.15, 0.2) is 10.3 Å². The van der Waals surface area contributed by atoms with Gasteiger partial charge in [0.1, 0.15) is 0 Å². The zero-order chi connectivity index (χ0) is 19.2. The minimum absolute atomic E-state index is 0.0652. The molecule has 3 N–H and O–H groups in total. The Hall–Kier alpha value is -2.63. The van der Waals surface area contributed by atoms with E-state index in [0.717, 1.165) is 0 Å². The molecule has 0 saturated heterocycles. The van der Waals surface area contributed by atoms with Gasteiger partial charge in [-0.2, -0.15) is 0 Å². The second kappa shape index (κ2) is 8.84. The SMILES string of the molecule is CNC(=O)Cc1csc(NC(=O)Cc2csc(NC(=O)c3cccs3)n2)n1. The van der Waals surface area contributed by atoms with E-state index in [-0.39, 0.29) is 30.6 Å². The van der Waals surface area contributed by atoms with Crippen LogP contribution in [0, 0.1) is 0 Å². The maximum Gasteiger partial charge on any atom is 0.267 e. The van der Waals surface area contributed by atoms with Gasteiger partial charge in [-0.15, -0.1) is 34.0 Å². The third kappa shape index (κ3) is 5.42. The molecule has 0 unspecified atom stereocenters. The van der Waals surface area contributed by atoms with E-state index in [0.29, 0.717) is 26.5 Å². The number of rotatable bonds is 7. The third-order valence-electron chi connectivity index (χ3n) is 3.28. The Morgan fingerprint density at radius 3 is 2.15 bits per heavy atom. The summed E-state index contributed by atoms with van der Waals surface area (Å²) in [5, 5.41) is 14.1. The van der Waals surface area contributed by atoms with Crippen molar-refractivity contribution in [1.82, 2.24) is 15.3 Å². The van der Waals surface area contributed by atoms with Crippen molar-refractivity contribution in [2.75, 3.05) is 17.7 Å². The molecule has 0 atom stereocenters. The van der Waals surface area contributed by atoms with Crippen LogP contribution < -0.4 is 16.0 Å². The predicted octanol–water partition coefficient (Wildman–Crippen LogP) is 2.38. The molecule has 3 aromatic rings. The highest BCUT2D eigenvalue weighted by Gasteiger charge is 2.13. The molecular weight excluding hydrogens is 406 g/mol. The number of carbonyl (C=O) groups excluding carboxylic acids is 3. The van der Waals surface area contributed by atoms with Gasteiger partial charge < -0.3 is 10.6 Å². The summed E-state index contributed by atoms with van der Waals surface area (Å²) in [4.78, 5) is 44.5. The smallest absolute Gasteiger partial charge is 0.267 e. The number of likely N-dealkylation sites (N-methyl/N-ethyl adjacent to an activating group) is 1. The van der Waals surface area contributed by atoms with Gasteiger partial charge in [0.2, 0.25) is 11.8 Å². The number of hydrogen-bond donors (Lipinski definition) is 3. The molecule has 3 heterocycles. The maximum absolute atomic E-state index is 12.1. The Labute approximate surface area is 166 Å². The summed E-state index contributed by atoms with van der Waals surface area (Å²) in [7, 11) is 1.56. The third-order valence-corrected chi connectivity index (χ3v) is 5.76. The molecule has 3 amide bonds. The molecule has 0 aromatic carbocycles. The van der Waals surface area contributed by atoms with Crippen LogP contribution in [-0.2, 0) is 22.4 Å². The summed E-state index contributed by atoms with van der Waals surface area (Å²) < 4.78 is 0. The zero-order valence-electron chi connectivity index (χ0n) is 14.1. The predicted molar refractivity (Wildman–Crippen MR) is 107 cm³/mol. The molecule has 0 fully saturated rings. The van der Waals surface area contributed by atoms with E-state index in [1.54, 1.807) is 29.9 Å². The van der Waals surface area contributed by atoms with Crippen molar-refractivity contribution in [3.05, 3.63) is 44.5 Å². The summed E-state index contributed by atoms with van der Waals surface area (Å²) in [5.74, 6) is -0.628. The second-order valence-electron chi connectivity index (χ2n) is 5.29. The van der Waals surface area contributed by atoms with Crippen LogP contribution in [0.25, 0.3) is 0 Å². The number of carbonyl (C=O) groups is 3. The van der Waals surface area contributed by atoms with Crippen molar-refractivity contribution in [3.63, 3.8) is 0 Å². The molecule has 0 radical (unpaired) electrons. The minimum atomic E-state index is -0.266. The molecule has 0 bridgehead atoms. The Bertz CT molecular complexity index is 948. The summed E-state index contributed by atoms with van der Waals surface area (Å²) in [5.41, 5.74) is 1.16. The fourth-order valence-electron chi connectivity index (χ4n) is 2.04. The first-order chi connectivity index (χ1) is 13.0. The number of thiophene rings is 1. The lowest BCUT2D eigenvalue weighted by atomic mass is 10.3. The normalized spacial score (nSPS) is 10.4. The lowest BCUT2D eigenvalue weighted by Crippen LogP contribution is -2.20. The minimum Gasteiger partial charge on any atom is -0.359 e. The molecule has 0 saturated carbocycles. The van der Waals surface area contributed by atoms with E-state index >= 15 is 0 Å². The standard InChI is InChI=1S/C16H15N5O3S3/c1-17-12(22)5-9-7-26-15(18-9)20-13(23)6-10-8-27-16(19-10)21-14(24)11-3-2-4-25-11/h2-4,7-8H,5-6H2,1H3,(H,17,22)(H,18,20,23)(H,19,21,24). The summed E-state index contributed by atoms with van der Waals surface area (Å²) >= 11 is 3.86. The fourth-order valence-corrected chi connectivity index (χ4v) is 4.09. The molecule has 140 valence electrons. The number of anilines is 2. The quantitative estimate of drug-likeness (QED) is 0.542. The Morgan fingerprint density at radius 1 is 0.926 bits per heavy atom. The molecule has 0 aliphatic carbocycles. The monoisotopic (exact) mass is 421 g/mol. The number of aromatic nitrogens is 2. The first-order valence-corrected chi connectivity index (χ1v) is 10.4. The van der Waals surface area contributed by atoms with Crippen molar-refractivity contribution in [3.8, 4) is 0 Å². The van der Waals surface area contributed by atoms with Gasteiger partial charge in [-0.05, 0) is 11.4 Å². The van der Waals surface area contributed by atoms with Crippen LogP contribution in [0.1, 0.15) is 21.1 Å². The molecule has 3 rings (SSSR count). The number of nitrogens with one attached hydrogen (secondary N) is 3. The topological polar surface area (TPSA) is 113 Å². The van der Waals surface area contributed by atoms with Crippen molar-refractivity contribution in [2.45, 2.75) is 12.8 Å². The van der Waals surface area contributed by atoms with Crippen molar-refractivity contribution in [1.29, 1.82) is 0 Å². The van der Waals surface area contributed by atoms with Crippen LogP contribution >= 0.6 is 34.0 Å². The summed E-state index contributed by atoms with van der Waals surface area (Å²) in [6.45, 7) is 0. The second-order valence-corrected chi connectivity index (χ2v) is 7.96. The average Bonchev–Trinajstić information content (AvgIpc) is 3.37. The van der Waals surface area contributed by atoms with Gasteiger partial charge in [-0.3, -0.25) is 19.7 Å². The highest BCUT2D eigenvalue weighted by atomic mass is 32.1. The van der Waals surface area contributed by atoms with Gasteiger partial charge in [-0.1, -0.05) is 6.07 Å². The van der Waals surface area contributed by atoms with E-state index in [1.165, 1.54) is 34.0 Å². The van der Waals surface area contributed by atoms with Crippen molar-refractivity contribution >= 4 is 62.0 Å². The summed E-state index contributed by atoms with van der Waals surface area (Å²) in [6.07, 6.45) is 0.234. The fraction of sp³-hybridized carbons (Fsp3) is 0.188. The Kier molecular flexibility index (Phi) is 6.27. The lowest BCUT2D eigenvalue weighted by Gasteiger charge is -2.00. The number of hydrogen-bond acceptors (Lipinski definition) is 8. The molecule has 8 nitrogen and oxygen atoms in total. The van der Waals surface area contributed by atoms with Crippen molar-refractivity contribution < 1.29 is 14.4 Å². The van der Waals surface area contributed by atoms with Crippen LogP contribution in [0.3, 0.4) is 0 Å². The van der Waals surface area contributed by atoms with Gasteiger partial charge in [-0.25, -0.2) is 9.97 Å². The van der Waals surface area contributed by atoms with E-state index in [4.69, 9.17) is 0 Å². The highest BCUT2D eigenvalue weighted by molar-refractivity contribution is 7.14. The Morgan fingerprint density at radius 2 is 1.56 bits per heavy atom. The molecule has 0 spiro atoms. The maximum atomic E-state index is 12.1. The van der Waals surface area contributed by atoms with E-state index < -0.39 is 0 Å². The average molecular weight is 422 g/mol. The first kappa shape index (κ1) is 19.1. The van der Waals surface area contributed by atoms with Gasteiger partial charge in [0.25, 0.3) is 5.91 Å². The van der Waals surface area contributed by atoms with E-state index in [2.05, 4.69) is 25.9 Å². The Balaban J connectivity index is 1.52. The van der Waals surface area contributed by atoms with Gasteiger partial charge in [0.05, 0.1) is 29.1 Å². The number of amides is 3. The van der Waals surface area contributed by atoms with Crippen molar-refractivity contribution in [2.24, 2.45) is 0 Å². The van der Waals surface area contributed by atoms with Crippen LogP contribution in [0.5, 0.6) is 0 Å². The molecule has 3 aromatic heterocycles. The first-order valence-electron chi connectivity index (χ1n) is 7.77. The largest absolute Gasteiger partial charge is 0.359 e. The molecule has 11 heteroatoms. The van der Waals surface area contributed by atoms with Crippen LogP contribution in [0.2, 0.25) is 0 Å². The van der Waals surface area contributed by atoms with Gasteiger partial charge >= 0.3 is 0 Å². The molecular formula is C16H15N5O3S3. The lowest BCUT2D eigenvalue weighted by molar-refractivity contribution is -0.120. The molecule has 0 aliphatic rings. The zero-order valence-corrected chi connectivity index (χ0v) is 16.6. The highest BCUT2D eigenvalue weighted by Crippen LogP contribution is 2.20. The van der Waals surface area contributed by atoms with Crippen LogP contribution in [-0.4, -0.2) is 34.7 Å². The van der Waals surface area contributed by atoms with Gasteiger partial charge in [0, 0.05) is 17.8 Å². The molecule has 0 aliphatic heterocycles. The van der Waals surface area contributed by atoms with E-state index in [1.807, 2.05) is 5.38 Å². The van der Waals surface area contributed by atoms with E-state index in [9.17, 15) is 14.4 Å². The van der Waals surface area contributed by atoms with Crippen LogP contribution in [0.4, 0.5) is 10.3 Å². The summed E-state index contributed by atoms with van der Waals surface area (Å²) in [6, 6.07) is 3.53.